The van der Waals surface area contributed by atoms with Crippen molar-refractivity contribution in [3.8, 4) is 11.4 Å². The van der Waals surface area contributed by atoms with Gasteiger partial charge in [0.25, 0.3) is 0 Å². The molecule has 4 nitrogen and oxygen atoms in total. The summed E-state index contributed by atoms with van der Waals surface area (Å²) < 4.78 is 7.29. The Hall–Kier alpha value is -1.84. The molecule has 2 aromatic rings. The summed E-state index contributed by atoms with van der Waals surface area (Å²) in [5.74, 6) is 0.830. The second-order valence-electron chi connectivity index (χ2n) is 4.94. The average Bonchev–Trinajstić information content (AvgIpc) is 2.80. The Morgan fingerprint density at radius 2 is 2.00 bits per heavy atom. The summed E-state index contributed by atoms with van der Waals surface area (Å²) in [4.78, 5) is 4.27. The highest BCUT2D eigenvalue weighted by Crippen LogP contribution is 2.34. The molecule has 0 aliphatic heterocycles. The van der Waals surface area contributed by atoms with Gasteiger partial charge in [-0.1, -0.05) is 20.8 Å². The van der Waals surface area contributed by atoms with Crippen LogP contribution in [0.1, 0.15) is 26.3 Å². The third kappa shape index (κ3) is 2.16. The maximum Gasteiger partial charge on any atom is 0.151 e. The summed E-state index contributed by atoms with van der Waals surface area (Å²) in [5.41, 5.74) is 1.93. The van der Waals surface area contributed by atoms with Gasteiger partial charge in [-0.05, 0) is 11.5 Å². The minimum Gasteiger partial charge on any atom is -0.494 e. The van der Waals surface area contributed by atoms with E-state index in [1.54, 1.807) is 24.2 Å². The molecule has 4 heteroatoms. The Labute approximate surface area is 101 Å². The maximum atomic E-state index is 5.53. The molecule has 0 spiro atoms. The molecule has 0 bridgehead atoms. The van der Waals surface area contributed by atoms with Gasteiger partial charge in [0.15, 0.2) is 5.75 Å². The van der Waals surface area contributed by atoms with E-state index in [1.165, 1.54) is 0 Å². The summed E-state index contributed by atoms with van der Waals surface area (Å²) in [6.45, 7) is 6.41. The van der Waals surface area contributed by atoms with Crippen LogP contribution in [0.4, 0.5) is 0 Å². The quantitative estimate of drug-likeness (QED) is 0.797. The van der Waals surface area contributed by atoms with E-state index in [2.05, 4.69) is 30.9 Å². The number of nitrogens with zero attached hydrogens (tertiary/aromatic N) is 3. The normalized spacial score (nSPS) is 11.5. The number of pyridine rings is 1. The molecule has 0 radical (unpaired) electrons. The zero-order chi connectivity index (χ0) is 12.5. The van der Waals surface area contributed by atoms with Crippen molar-refractivity contribution >= 4 is 0 Å². The predicted molar refractivity (Wildman–Crippen MR) is 66.6 cm³/mol. The van der Waals surface area contributed by atoms with E-state index in [9.17, 15) is 0 Å². The topological polar surface area (TPSA) is 39.9 Å². The van der Waals surface area contributed by atoms with Gasteiger partial charge < -0.3 is 4.74 Å². The number of rotatable bonds is 2. The molecular formula is C13H17N3O. The molecule has 0 fully saturated rings. The van der Waals surface area contributed by atoms with Crippen molar-refractivity contribution in [3.05, 3.63) is 36.4 Å². The molecule has 0 saturated heterocycles. The molecular weight excluding hydrogens is 214 g/mol. The van der Waals surface area contributed by atoms with Crippen molar-refractivity contribution in [2.75, 3.05) is 7.11 Å². The van der Waals surface area contributed by atoms with Crippen LogP contribution in [0.2, 0.25) is 0 Å². The molecule has 2 heterocycles. The number of methoxy groups -OCH3 is 1. The van der Waals surface area contributed by atoms with E-state index in [0.717, 1.165) is 17.0 Å². The van der Waals surface area contributed by atoms with E-state index in [0.29, 0.717) is 0 Å². The van der Waals surface area contributed by atoms with Crippen LogP contribution >= 0.6 is 0 Å². The van der Waals surface area contributed by atoms with Crippen LogP contribution in [0.3, 0.4) is 0 Å². The predicted octanol–water partition coefficient (Wildman–Crippen LogP) is 2.57. The van der Waals surface area contributed by atoms with Gasteiger partial charge in [0.05, 0.1) is 13.3 Å². The first kappa shape index (κ1) is 11.6. The lowest BCUT2D eigenvalue weighted by atomic mass is 9.87. The second kappa shape index (κ2) is 4.20. The summed E-state index contributed by atoms with van der Waals surface area (Å²) in [5, 5.41) is 4.21. The van der Waals surface area contributed by atoms with E-state index < -0.39 is 0 Å². The average molecular weight is 231 g/mol. The van der Waals surface area contributed by atoms with Crippen molar-refractivity contribution in [2.24, 2.45) is 0 Å². The van der Waals surface area contributed by atoms with Gasteiger partial charge in [-0.15, -0.1) is 0 Å². The molecule has 0 aromatic carbocycles. The van der Waals surface area contributed by atoms with Crippen LogP contribution in [0.25, 0.3) is 5.69 Å². The third-order valence-electron chi connectivity index (χ3n) is 2.64. The van der Waals surface area contributed by atoms with Crippen molar-refractivity contribution in [3.63, 3.8) is 0 Å². The van der Waals surface area contributed by atoms with Crippen molar-refractivity contribution in [1.82, 2.24) is 14.8 Å². The Balaban J connectivity index is 2.62. The summed E-state index contributed by atoms with van der Waals surface area (Å²) in [7, 11) is 1.68. The van der Waals surface area contributed by atoms with Crippen LogP contribution in [0, 0.1) is 0 Å². The van der Waals surface area contributed by atoms with Crippen molar-refractivity contribution in [1.29, 1.82) is 0 Å². The number of hydrogen-bond donors (Lipinski definition) is 0. The smallest absolute Gasteiger partial charge is 0.151 e. The van der Waals surface area contributed by atoms with Crippen LogP contribution in [0.15, 0.2) is 30.9 Å². The van der Waals surface area contributed by atoms with Crippen molar-refractivity contribution in [2.45, 2.75) is 26.2 Å². The van der Waals surface area contributed by atoms with Gasteiger partial charge in [-0.2, -0.15) is 5.10 Å². The number of hydrogen-bond acceptors (Lipinski definition) is 3. The molecule has 17 heavy (non-hydrogen) atoms. The van der Waals surface area contributed by atoms with Crippen LogP contribution in [0.5, 0.6) is 5.75 Å². The van der Waals surface area contributed by atoms with Gasteiger partial charge in [0, 0.05) is 24.2 Å². The monoisotopic (exact) mass is 231 g/mol. The Bertz CT molecular complexity index is 498. The molecule has 0 aliphatic carbocycles. The van der Waals surface area contributed by atoms with E-state index in [1.807, 2.05) is 18.5 Å². The van der Waals surface area contributed by atoms with E-state index in [4.69, 9.17) is 4.74 Å². The fourth-order valence-corrected chi connectivity index (χ4v) is 1.76. The number of ether oxygens (including phenoxy) is 1. The highest BCUT2D eigenvalue weighted by atomic mass is 16.5. The minimum absolute atomic E-state index is 0.0124. The molecule has 0 aliphatic rings. The minimum atomic E-state index is -0.0124. The Morgan fingerprint density at radius 3 is 2.53 bits per heavy atom. The second-order valence-corrected chi connectivity index (χ2v) is 4.94. The highest BCUT2D eigenvalue weighted by Gasteiger charge is 2.22. The fourth-order valence-electron chi connectivity index (χ4n) is 1.76. The molecule has 0 saturated carbocycles. The first-order chi connectivity index (χ1) is 8.04. The molecule has 0 amide bonds. The third-order valence-corrected chi connectivity index (χ3v) is 2.64. The Morgan fingerprint density at radius 1 is 1.24 bits per heavy atom. The highest BCUT2D eigenvalue weighted by molar-refractivity contribution is 5.51. The summed E-state index contributed by atoms with van der Waals surface area (Å²) in [6, 6.07) is 1.88. The maximum absolute atomic E-state index is 5.53. The van der Waals surface area contributed by atoms with Crippen LogP contribution in [-0.4, -0.2) is 21.9 Å². The first-order valence-corrected chi connectivity index (χ1v) is 5.56. The molecule has 2 aromatic heterocycles. The lowest BCUT2D eigenvalue weighted by molar-refractivity contribution is 0.393. The van der Waals surface area contributed by atoms with Gasteiger partial charge in [-0.25, -0.2) is 4.68 Å². The van der Waals surface area contributed by atoms with Gasteiger partial charge in [0.1, 0.15) is 5.69 Å². The SMILES string of the molecule is COc1c(-n2cccn2)cncc1C(C)(C)C. The molecule has 0 atom stereocenters. The van der Waals surface area contributed by atoms with Gasteiger partial charge in [0.2, 0.25) is 0 Å². The van der Waals surface area contributed by atoms with Crippen molar-refractivity contribution < 1.29 is 4.74 Å². The molecule has 2 rings (SSSR count). The van der Waals surface area contributed by atoms with Gasteiger partial charge in [-0.3, -0.25) is 4.98 Å². The number of aromatic nitrogens is 3. The molecule has 90 valence electrons. The molecule has 0 unspecified atom stereocenters. The van der Waals surface area contributed by atoms with E-state index >= 15 is 0 Å². The lowest BCUT2D eigenvalue weighted by Gasteiger charge is -2.23. The fraction of sp³-hybridized carbons (Fsp3) is 0.385. The van der Waals surface area contributed by atoms with E-state index in [-0.39, 0.29) is 5.41 Å². The summed E-state index contributed by atoms with van der Waals surface area (Å²) >= 11 is 0. The van der Waals surface area contributed by atoms with Crippen LogP contribution < -0.4 is 4.74 Å². The van der Waals surface area contributed by atoms with Gasteiger partial charge >= 0.3 is 0 Å². The summed E-state index contributed by atoms with van der Waals surface area (Å²) in [6.07, 6.45) is 7.24. The van der Waals surface area contributed by atoms with Crippen LogP contribution in [-0.2, 0) is 5.41 Å². The Kier molecular flexibility index (Phi) is 2.88. The zero-order valence-corrected chi connectivity index (χ0v) is 10.6. The standard InChI is InChI=1S/C13H17N3O/c1-13(2,3)10-8-14-9-11(12(10)17-4)16-7-5-6-15-16/h5-9H,1-4H3. The lowest BCUT2D eigenvalue weighted by Crippen LogP contribution is -2.15. The largest absolute Gasteiger partial charge is 0.494 e. The molecule has 0 N–H and O–H groups in total. The first-order valence-electron chi connectivity index (χ1n) is 5.56. The zero-order valence-electron chi connectivity index (χ0n) is 10.6.